The van der Waals surface area contributed by atoms with Crippen molar-refractivity contribution < 1.29 is 134 Å². The molecule has 9 aliphatic rings. The first kappa shape index (κ1) is 67.9. The van der Waals surface area contributed by atoms with Gasteiger partial charge in [-0.3, -0.25) is 0 Å². The molecule has 0 unspecified atom stereocenters. The second-order valence-electron chi connectivity index (χ2n) is 27.9. The molecule has 0 aromatic rings. The number of aliphatic hydroxyl groups is 15. The average molecular weight is 1240 g/mol. The molecule has 0 spiro atoms. The summed E-state index contributed by atoms with van der Waals surface area (Å²) < 4.78 is 54.9. The number of carbonyl (C=O) groups is 2. The van der Waals surface area contributed by atoms with Crippen LogP contribution in [-0.4, -0.2) is 267 Å². The van der Waals surface area contributed by atoms with Gasteiger partial charge in [-0.25, -0.2) is 9.59 Å². The van der Waals surface area contributed by atoms with Crippen molar-refractivity contribution in [2.24, 2.45) is 50.2 Å². The van der Waals surface area contributed by atoms with E-state index in [1.54, 1.807) is 19.9 Å². The predicted molar refractivity (Wildman–Crippen MR) is 291 cm³/mol. The molecule has 4 saturated heterocycles. The molecular formula is C59H94O27. The van der Waals surface area contributed by atoms with Crippen molar-refractivity contribution >= 4 is 11.9 Å². The Balaban J connectivity index is 1.05. The minimum atomic E-state index is -2.30. The number of carboxylic acid groups (broad SMARTS) is 1. The molecule has 4 saturated carbocycles. The maximum absolute atomic E-state index is 13.2. The van der Waals surface area contributed by atoms with Crippen LogP contribution in [0.4, 0.5) is 0 Å². The molecule has 4 aliphatic heterocycles. The van der Waals surface area contributed by atoms with Crippen LogP contribution < -0.4 is 0 Å². The monoisotopic (exact) mass is 1230 g/mol. The third kappa shape index (κ3) is 10.6. The van der Waals surface area contributed by atoms with Crippen molar-refractivity contribution in [2.75, 3.05) is 19.8 Å². The number of allylic oxidation sites excluding steroid dienone is 2. The minimum absolute atomic E-state index is 0.179. The van der Waals surface area contributed by atoms with Gasteiger partial charge in [-0.05, 0) is 93.3 Å². The van der Waals surface area contributed by atoms with Gasteiger partial charge < -0.3 is 124 Å². The summed E-state index contributed by atoms with van der Waals surface area (Å²) in [5, 5.41) is 180. The van der Waals surface area contributed by atoms with E-state index in [0.717, 1.165) is 5.57 Å². The molecule has 4 heterocycles. The van der Waals surface area contributed by atoms with Gasteiger partial charge >= 0.3 is 11.9 Å². The highest BCUT2D eigenvalue weighted by Crippen LogP contribution is 2.76. The molecule has 86 heavy (non-hydrogen) atoms. The summed E-state index contributed by atoms with van der Waals surface area (Å²) in [6.45, 7) is 16.0. The first-order valence-electron chi connectivity index (χ1n) is 30.1. The molecule has 16 N–H and O–H groups in total. The summed E-state index contributed by atoms with van der Waals surface area (Å²) in [7, 11) is 0. The van der Waals surface area contributed by atoms with E-state index in [0.29, 0.717) is 31.3 Å². The van der Waals surface area contributed by atoms with Crippen LogP contribution in [0.25, 0.3) is 0 Å². The molecule has 5 aliphatic carbocycles. The van der Waals surface area contributed by atoms with Gasteiger partial charge in [0.25, 0.3) is 0 Å². The summed E-state index contributed by atoms with van der Waals surface area (Å²) >= 11 is 0. The zero-order valence-corrected chi connectivity index (χ0v) is 50.3. The fraction of sp³-hybridized carbons (Fsp3) is 0.898. The number of carboxylic acids is 1. The van der Waals surface area contributed by atoms with Gasteiger partial charge in [0, 0.05) is 16.4 Å². The lowest BCUT2D eigenvalue weighted by atomic mass is 9.32. The van der Waals surface area contributed by atoms with Crippen molar-refractivity contribution in [2.45, 2.75) is 261 Å². The summed E-state index contributed by atoms with van der Waals surface area (Å²) in [5.41, 5.74) is -4.74. The van der Waals surface area contributed by atoms with Gasteiger partial charge in [0.1, 0.15) is 97.7 Å². The maximum atomic E-state index is 13.2. The number of carbonyl (C=O) groups excluding carboxylic acids is 1. The highest BCUT2D eigenvalue weighted by Gasteiger charge is 2.76. The fourth-order valence-electron chi connectivity index (χ4n) is 17.4. The van der Waals surface area contributed by atoms with Gasteiger partial charge in [0.05, 0.1) is 49.7 Å². The van der Waals surface area contributed by atoms with E-state index in [-0.39, 0.29) is 24.7 Å². The van der Waals surface area contributed by atoms with Crippen LogP contribution in [0.2, 0.25) is 0 Å². The van der Waals surface area contributed by atoms with E-state index in [1.807, 2.05) is 34.6 Å². The summed E-state index contributed by atoms with van der Waals surface area (Å²) in [6, 6.07) is 0. The van der Waals surface area contributed by atoms with Crippen LogP contribution in [-0.2, 0) is 52.2 Å². The van der Waals surface area contributed by atoms with E-state index in [1.165, 1.54) is 6.92 Å². The van der Waals surface area contributed by atoms with Crippen LogP contribution in [0, 0.1) is 50.2 Å². The number of rotatable bonds is 14. The highest BCUT2D eigenvalue weighted by atomic mass is 16.8. The highest BCUT2D eigenvalue weighted by molar-refractivity contribution is 5.87. The molecule has 0 amide bonds. The first-order chi connectivity index (χ1) is 40.1. The van der Waals surface area contributed by atoms with E-state index in [2.05, 4.69) is 19.9 Å². The van der Waals surface area contributed by atoms with Gasteiger partial charge in [0.15, 0.2) is 31.3 Å². The molecule has 0 bridgehead atoms. The van der Waals surface area contributed by atoms with Crippen molar-refractivity contribution in [3.05, 3.63) is 23.3 Å². The van der Waals surface area contributed by atoms with Crippen molar-refractivity contribution in [1.29, 1.82) is 0 Å². The zero-order chi connectivity index (χ0) is 63.6. The average Bonchev–Trinajstić information content (AvgIpc) is 0.668. The van der Waals surface area contributed by atoms with Crippen LogP contribution in [0.3, 0.4) is 0 Å². The van der Waals surface area contributed by atoms with E-state index < -0.39 is 224 Å². The zero-order valence-electron chi connectivity index (χ0n) is 50.3. The Morgan fingerprint density at radius 3 is 1.77 bits per heavy atom. The van der Waals surface area contributed by atoms with Gasteiger partial charge in [0.2, 0.25) is 0 Å². The first-order valence-corrected chi connectivity index (χ1v) is 30.1. The number of fused-ring (bicyclic) bond motifs is 7. The molecule has 8 fully saturated rings. The Hall–Kier alpha value is -2.50. The molecule has 9 rings (SSSR count). The molecule has 0 aromatic heterocycles. The predicted octanol–water partition coefficient (Wildman–Crippen LogP) is -3.04. The van der Waals surface area contributed by atoms with Crippen LogP contribution in [0.5, 0.6) is 0 Å². The fourth-order valence-corrected chi connectivity index (χ4v) is 17.4. The van der Waals surface area contributed by atoms with Gasteiger partial charge in [-0.15, -0.1) is 0 Å². The Bertz CT molecular complexity index is 2500. The smallest absolute Gasteiger partial charge is 0.335 e. The quantitative estimate of drug-likeness (QED) is 0.0356. The summed E-state index contributed by atoms with van der Waals surface area (Å²) in [5.74, 6) is -3.44. The van der Waals surface area contributed by atoms with E-state index in [4.69, 9.17) is 42.6 Å². The lowest BCUT2D eigenvalue weighted by Gasteiger charge is -2.73. The Morgan fingerprint density at radius 2 is 1.17 bits per heavy atom. The van der Waals surface area contributed by atoms with E-state index in [9.17, 15) is 91.3 Å². The molecule has 0 radical (unpaired) electrons. The summed E-state index contributed by atoms with van der Waals surface area (Å²) in [4.78, 5) is 26.4. The number of esters is 1. The molecule has 27 nitrogen and oxygen atoms in total. The second-order valence-corrected chi connectivity index (χ2v) is 27.9. The van der Waals surface area contributed by atoms with Crippen molar-refractivity contribution in [1.82, 2.24) is 0 Å². The lowest BCUT2D eigenvalue weighted by Crippen LogP contribution is -2.76. The maximum Gasteiger partial charge on any atom is 0.335 e. The molecule has 492 valence electrons. The number of aliphatic hydroxyl groups excluding tert-OH is 15. The number of hydrogen-bond donors (Lipinski definition) is 16. The number of aliphatic carboxylic acids is 1. The normalized spacial score (nSPS) is 52.8. The molecule has 32 atom stereocenters. The third-order valence-electron chi connectivity index (χ3n) is 22.8. The number of hydrogen-bond acceptors (Lipinski definition) is 26. The Labute approximate surface area is 499 Å². The van der Waals surface area contributed by atoms with Gasteiger partial charge in [-0.1, -0.05) is 66.2 Å². The minimum Gasteiger partial charge on any atom is -0.479 e. The molecular weight excluding hydrogens is 1140 g/mol. The molecule has 0 aromatic carbocycles. The standard InChI is InChI=1S/C59H94O27/c1-11-22(2)49(77)86-47-46(74)59(21-62)25(18-54(47,4)5)24-12-13-29-56(8)16-15-30(55(6,7)28(56)14-17-57(29,9)58(24,10)44(72)45(59)73)81-53-43(85-51-38(70)35(67)32(64)26(19-60)79-51)40(39(71)41(83-53)48(75)76)82-52-42(36(68)33(65)27(20-61)80-52)84-50-37(69)34(66)31(63)23(3)78-50/h11-12,23,25-47,50-53,60-74H,13-21H2,1-10H3,(H,75,76)/b22-11-/t23-,25+,26+,27+,28-,29+,30-,31-,32+,33-,34+,35-,36-,37+,38+,39-,40-,41-,42+,43+,44-,45+,46-,47-,50-,51-,52-,53+,56-,57+,58-,59-/m0/s1. The Morgan fingerprint density at radius 1 is 0.616 bits per heavy atom. The van der Waals surface area contributed by atoms with Crippen LogP contribution >= 0.6 is 0 Å². The second kappa shape index (κ2) is 24.5. The topological polar surface area (TPSA) is 441 Å². The lowest BCUT2D eigenvalue weighted by molar-refractivity contribution is -0.406. The third-order valence-corrected chi connectivity index (χ3v) is 22.8. The molecule has 27 heteroatoms. The van der Waals surface area contributed by atoms with Gasteiger partial charge in [-0.2, -0.15) is 0 Å². The van der Waals surface area contributed by atoms with Crippen molar-refractivity contribution in [3.8, 4) is 0 Å². The SMILES string of the molecule is C/C=C(/C)C(=O)O[C@H]1[C@H](O)[C@@]2(CO)[C@H](CC1(C)C)C1=CC[C@@H]3[C@@]4(C)CC[C@H](O[C@@H]5O[C@H](C(=O)O)[C@@H](O)[C@H](O[C@@H]6O[C@H](CO)[C@H](O)[C@H](O)[C@H]6O[C@@H]6O[C@@H](C)[C@H](O)[C@@H](O)[C@H]6O)[C@H]5O[C@@H]5O[C@H](CO)[C@@H](O)[C@H](O)[C@H]5O)C(C)(C)[C@@H]4CC[C@@]3(C)[C@]1(C)[C@@H](O)[C@H]2O. The van der Waals surface area contributed by atoms with E-state index >= 15 is 0 Å². The summed E-state index contributed by atoms with van der Waals surface area (Å²) in [6.07, 6.45) is -38.9. The van der Waals surface area contributed by atoms with Crippen LogP contribution in [0.1, 0.15) is 108 Å². The number of ether oxygens (including phenoxy) is 9. The van der Waals surface area contributed by atoms with Crippen molar-refractivity contribution in [3.63, 3.8) is 0 Å². The largest absolute Gasteiger partial charge is 0.479 e. The Kier molecular flexibility index (Phi) is 19.4. The van der Waals surface area contributed by atoms with Crippen LogP contribution in [0.15, 0.2) is 23.3 Å².